The summed E-state index contributed by atoms with van der Waals surface area (Å²) in [7, 11) is 0. The lowest BCUT2D eigenvalue weighted by Gasteiger charge is -2.27. The normalized spacial score (nSPS) is 19.7. The highest BCUT2D eigenvalue weighted by Gasteiger charge is 2.45. The fourth-order valence-electron chi connectivity index (χ4n) is 2.46. The number of ether oxygens (including phenoxy) is 1. The Morgan fingerprint density at radius 3 is 2.57 bits per heavy atom. The monoisotopic (exact) mass is 295 g/mol. The Bertz CT molecular complexity index is 708. The molecule has 0 aliphatic carbocycles. The summed E-state index contributed by atoms with van der Waals surface area (Å²) < 4.78 is 5.70. The molecule has 0 aromatic heterocycles. The average molecular weight is 295 g/mol. The van der Waals surface area contributed by atoms with Crippen LogP contribution in [0, 0.1) is 11.3 Å². The first-order chi connectivity index (χ1) is 10.2. The van der Waals surface area contributed by atoms with Crippen LogP contribution in [0.5, 0.6) is 0 Å². The highest BCUT2D eigenvalue weighted by molar-refractivity contribution is 8.00. The summed E-state index contributed by atoms with van der Waals surface area (Å²) in [6.07, 6.45) is 0.813. The van der Waals surface area contributed by atoms with Crippen LogP contribution < -0.4 is 0 Å². The van der Waals surface area contributed by atoms with E-state index in [9.17, 15) is 4.79 Å². The predicted molar refractivity (Wildman–Crippen MR) is 80.7 cm³/mol. The standard InChI is InChI=1S/C17H13NO2S/c18-12-6-11-17(21-13-7-2-1-3-8-13)15-10-5-4-9-14(15)16(19)20-17/h1-5,7-10H,6,11H2. The Kier molecular flexibility index (Phi) is 3.68. The molecule has 0 saturated carbocycles. The van der Waals surface area contributed by atoms with E-state index in [2.05, 4.69) is 6.07 Å². The minimum atomic E-state index is -0.801. The first-order valence-corrected chi connectivity index (χ1v) is 7.51. The third kappa shape index (κ3) is 2.53. The zero-order valence-corrected chi connectivity index (χ0v) is 12.1. The number of hydrogen-bond acceptors (Lipinski definition) is 4. The van der Waals surface area contributed by atoms with Gasteiger partial charge in [-0.05, 0) is 18.2 Å². The Hall–Kier alpha value is -2.25. The van der Waals surface area contributed by atoms with Crippen molar-refractivity contribution in [3.05, 3.63) is 65.7 Å². The van der Waals surface area contributed by atoms with Crippen molar-refractivity contribution < 1.29 is 9.53 Å². The summed E-state index contributed by atoms with van der Waals surface area (Å²) in [5, 5.41) is 8.92. The number of rotatable bonds is 4. The van der Waals surface area contributed by atoms with E-state index in [1.54, 1.807) is 6.07 Å². The minimum absolute atomic E-state index is 0.313. The minimum Gasteiger partial charge on any atom is -0.439 e. The number of cyclic esters (lactones) is 1. The van der Waals surface area contributed by atoms with Crippen molar-refractivity contribution in [2.24, 2.45) is 0 Å². The maximum absolute atomic E-state index is 12.1. The highest BCUT2D eigenvalue weighted by atomic mass is 32.2. The van der Waals surface area contributed by atoms with Crippen LogP contribution in [0.15, 0.2) is 59.5 Å². The largest absolute Gasteiger partial charge is 0.439 e. The van der Waals surface area contributed by atoms with Gasteiger partial charge < -0.3 is 4.74 Å². The Balaban J connectivity index is 2.03. The zero-order valence-electron chi connectivity index (χ0n) is 11.3. The Morgan fingerprint density at radius 2 is 1.81 bits per heavy atom. The van der Waals surface area contributed by atoms with E-state index in [0.717, 1.165) is 10.5 Å². The lowest BCUT2D eigenvalue weighted by atomic mass is 10.0. The molecule has 0 amide bonds. The summed E-state index contributed by atoms with van der Waals surface area (Å²) in [4.78, 5) is 12.3. The van der Waals surface area contributed by atoms with E-state index in [-0.39, 0.29) is 5.97 Å². The van der Waals surface area contributed by atoms with Crippen molar-refractivity contribution in [3.63, 3.8) is 0 Å². The second kappa shape index (κ2) is 5.63. The molecule has 1 aliphatic heterocycles. The van der Waals surface area contributed by atoms with Crippen molar-refractivity contribution in [2.45, 2.75) is 22.7 Å². The lowest BCUT2D eigenvalue weighted by molar-refractivity contribution is 0.0269. The molecule has 1 atom stereocenters. The molecule has 2 aromatic rings. The number of hydrogen-bond donors (Lipinski definition) is 0. The number of nitrogens with zero attached hydrogens (tertiary/aromatic N) is 1. The fourth-order valence-corrected chi connectivity index (χ4v) is 3.75. The summed E-state index contributed by atoms with van der Waals surface area (Å²) in [5.74, 6) is -0.313. The molecule has 4 heteroatoms. The van der Waals surface area contributed by atoms with E-state index in [1.807, 2.05) is 48.5 Å². The molecule has 2 aromatic carbocycles. The zero-order chi connectivity index (χ0) is 14.7. The fraction of sp³-hybridized carbons (Fsp3) is 0.176. The van der Waals surface area contributed by atoms with Gasteiger partial charge in [-0.1, -0.05) is 48.2 Å². The SMILES string of the molecule is N#CCCC1(Sc2ccccc2)OC(=O)c2ccccc21. The van der Waals surface area contributed by atoms with Crippen molar-refractivity contribution in [1.29, 1.82) is 5.26 Å². The smallest absolute Gasteiger partial charge is 0.340 e. The van der Waals surface area contributed by atoms with Crippen LogP contribution in [0.2, 0.25) is 0 Å². The van der Waals surface area contributed by atoms with Gasteiger partial charge in [0.25, 0.3) is 0 Å². The maximum atomic E-state index is 12.1. The van der Waals surface area contributed by atoms with Crippen LogP contribution in [-0.4, -0.2) is 5.97 Å². The van der Waals surface area contributed by atoms with Gasteiger partial charge in [0, 0.05) is 23.3 Å². The molecule has 1 heterocycles. The summed E-state index contributed by atoms with van der Waals surface area (Å²) in [6, 6.07) is 19.4. The van der Waals surface area contributed by atoms with E-state index < -0.39 is 4.93 Å². The first-order valence-electron chi connectivity index (χ1n) is 6.69. The second-order valence-electron chi connectivity index (χ2n) is 4.76. The number of thioether (sulfide) groups is 1. The molecule has 0 bridgehead atoms. The predicted octanol–water partition coefficient (Wildman–Crippen LogP) is 4.11. The van der Waals surface area contributed by atoms with Gasteiger partial charge in [-0.25, -0.2) is 4.79 Å². The molecular formula is C17H13NO2S. The molecule has 1 aliphatic rings. The van der Waals surface area contributed by atoms with Gasteiger partial charge in [-0.2, -0.15) is 5.26 Å². The van der Waals surface area contributed by atoms with E-state index in [1.165, 1.54) is 11.8 Å². The van der Waals surface area contributed by atoms with Crippen LogP contribution in [-0.2, 0) is 9.67 Å². The van der Waals surface area contributed by atoms with Gasteiger partial charge in [-0.15, -0.1) is 0 Å². The maximum Gasteiger partial charge on any atom is 0.340 e. The second-order valence-corrected chi connectivity index (χ2v) is 6.10. The molecule has 21 heavy (non-hydrogen) atoms. The van der Waals surface area contributed by atoms with Gasteiger partial charge in [0.1, 0.15) is 0 Å². The Labute approximate surface area is 127 Å². The van der Waals surface area contributed by atoms with Gasteiger partial charge in [0.05, 0.1) is 11.6 Å². The average Bonchev–Trinajstić information content (AvgIpc) is 2.80. The molecule has 0 fully saturated rings. The van der Waals surface area contributed by atoms with Gasteiger partial charge in [0.15, 0.2) is 4.93 Å². The number of carbonyl (C=O) groups excluding carboxylic acids is 1. The molecule has 104 valence electrons. The van der Waals surface area contributed by atoms with Gasteiger partial charge in [-0.3, -0.25) is 0 Å². The number of carbonyl (C=O) groups is 1. The van der Waals surface area contributed by atoms with Crippen molar-refractivity contribution in [2.75, 3.05) is 0 Å². The van der Waals surface area contributed by atoms with Crippen molar-refractivity contribution in [3.8, 4) is 6.07 Å². The molecule has 1 unspecified atom stereocenters. The van der Waals surface area contributed by atoms with Crippen molar-refractivity contribution >= 4 is 17.7 Å². The van der Waals surface area contributed by atoms with Gasteiger partial charge in [0.2, 0.25) is 0 Å². The molecule has 3 nitrogen and oxygen atoms in total. The Morgan fingerprint density at radius 1 is 1.10 bits per heavy atom. The van der Waals surface area contributed by atoms with Crippen LogP contribution in [0.25, 0.3) is 0 Å². The first kappa shape index (κ1) is 13.7. The van der Waals surface area contributed by atoms with Crippen LogP contribution in [0.3, 0.4) is 0 Å². The topological polar surface area (TPSA) is 50.1 Å². The van der Waals surface area contributed by atoms with Crippen LogP contribution in [0.1, 0.15) is 28.8 Å². The molecule has 0 radical (unpaired) electrons. The molecule has 0 N–H and O–H groups in total. The quantitative estimate of drug-likeness (QED) is 0.797. The van der Waals surface area contributed by atoms with E-state index in [0.29, 0.717) is 18.4 Å². The summed E-state index contributed by atoms with van der Waals surface area (Å²) in [5.41, 5.74) is 1.46. The number of esters is 1. The van der Waals surface area contributed by atoms with E-state index >= 15 is 0 Å². The third-order valence-electron chi connectivity index (χ3n) is 3.41. The van der Waals surface area contributed by atoms with Crippen LogP contribution >= 0.6 is 11.8 Å². The number of fused-ring (bicyclic) bond motifs is 1. The third-order valence-corrected chi connectivity index (χ3v) is 4.75. The van der Waals surface area contributed by atoms with E-state index in [4.69, 9.17) is 10.00 Å². The summed E-state index contributed by atoms with van der Waals surface area (Å²) >= 11 is 1.49. The van der Waals surface area contributed by atoms with Crippen molar-refractivity contribution in [1.82, 2.24) is 0 Å². The summed E-state index contributed by atoms with van der Waals surface area (Å²) in [6.45, 7) is 0. The number of nitriles is 1. The van der Waals surface area contributed by atoms with Crippen LogP contribution in [0.4, 0.5) is 0 Å². The molecule has 0 spiro atoms. The molecule has 3 rings (SSSR count). The lowest BCUT2D eigenvalue weighted by Crippen LogP contribution is -2.21. The molecule has 0 saturated heterocycles. The number of benzene rings is 2. The molecular weight excluding hydrogens is 282 g/mol. The highest BCUT2D eigenvalue weighted by Crippen LogP contribution is 2.51. The van der Waals surface area contributed by atoms with Gasteiger partial charge >= 0.3 is 5.97 Å².